The van der Waals surface area contributed by atoms with Gasteiger partial charge in [0.2, 0.25) is 0 Å². The van der Waals surface area contributed by atoms with Gasteiger partial charge in [0.25, 0.3) is 0 Å². The van der Waals surface area contributed by atoms with E-state index in [4.69, 9.17) is 30.8 Å². The first-order valence-electron chi connectivity index (χ1n) is 16.9. The first-order valence-corrected chi connectivity index (χ1v) is 18.1. The van der Waals surface area contributed by atoms with Crippen LogP contribution in [0.1, 0.15) is 40.6 Å². The van der Waals surface area contributed by atoms with Gasteiger partial charge >= 0.3 is 5.97 Å². The molecule has 1 atom stereocenters. The summed E-state index contributed by atoms with van der Waals surface area (Å²) in [5.74, 6) is 0.648. The fourth-order valence-corrected chi connectivity index (χ4v) is 8.22. The molecule has 6 nitrogen and oxygen atoms in total. The van der Waals surface area contributed by atoms with E-state index in [2.05, 4.69) is 47.9 Å². The van der Waals surface area contributed by atoms with Crippen molar-refractivity contribution in [1.29, 1.82) is 0 Å². The monoisotopic (exact) mass is 702 g/mol. The number of nitrogens with zero attached hydrogens (tertiary/aromatic N) is 2. The Labute approximate surface area is 302 Å². The molecule has 1 aliphatic rings. The average Bonchev–Trinajstić information content (AvgIpc) is 3.42. The van der Waals surface area contributed by atoms with E-state index >= 15 is 0 Å². The maximum absolute atomic E-state index is 12.0. The second kappa shape index (κ2) is 15.5. The Hall–Kier alpha value is -4.56. The molecular formula is C42H39ClN2O4S. The number of thioether (sulfide) groups is 1. The van der Waals surface area contributed by atoms with Crippen LogP contribution in [0.5, 0.6) is 5.75 Å². The summed E-state index contributed by atoms with van der Waals surface area (Å²) in [7, 11) is 1.41. The van der Waals surface area contributed by atoms with E-state index in [-0.39, 0.29) is 12.4 Å². The van der Waals surface area contributed by atoms with E-state index in [1.165, 1.54) is 34.2 Å². The lowest BCUT2D eigenvalue weighted by Crippen LogP contribution is -2.11. The summed E-state index contributed by atoms with van der Waals surface area (Å²) in [5, 5.41) is 2.37. The molecular weight excluding hydrogens is 664 g/mol. The van der Waals surface area contributed by atoms with Gasteiger partial charge in [0.05, 0.1) is 38.0 Å². The molecule has 0 bridgehead atoms. The molecule has 0 N–H and O–H groups in total. The number of carbonyl (C=O) groups excluding carboxylic acids is 1. The van der Waals surface area contributed by atoms with E-state index in [0.717, 1.165) is 57.1 Å². The highest BCUT2D eigenvalue weighted by molar-refractivity contribution is 8.00. The SMILES string of the molecule is COC(=O)Cc1ccccc1COCCc1c2c3c(c(OCc4ccc(-c5ccccc5)cn4)ccc3n1Cc1cccc(Cl)c1)CC(C)S2. The molecule has 0 amide bonds. The molecule has 0 spiro atoms. The molecule has 254 valence electrons. The molecule has 0 fully saturated rings. The Morgan fingerprint density at radius 2 is 1.74 bits per heavy atom. The molecule has 1 aliphatic heterocycles. The van der Waals surface area contributed by atoms with Crippen LogP contribution < -0.4 is 4.74 Å². The minimum absolute atomic E-state index is 0.227. The van der Waals surface area contributed by atoms with Crippen molar-refractivity contribution in [2.24, 2.45) is 0 Å². The van der Waals surface area contributed by atoms with Crippen LogP contribution in [0.25, 0.3) is 22.0 Å². The van der Waals surface area contributed by atoms with E-state index in [1.807, 2.05) is 84.7 Å². The maximum Gasteiger partial charge on any atom is 0.309 e. The lowest BCUT2D eigenvalue weighted by atomic mass is 10.0. The number of esters is 1. The van der Waals surface area contributed by atoms with Crippen LogP contribution in [0, 0.1) is 0 Å². The Balaban J connectivity index is 1.16. The van der Waals surface area contributed by atoms with Crippen LogP contribution >= 0.6 is 23.4 Å². The van der Waals surface area contributed by atoms with Crippen LogP contribution in [0.2, 0.25) is 5.02 Å². The lowest BCUT2D eigenvalue weighted by Gasteiger charge is -2.22. The van der Waals surface area contributed by atoms with Crippen molar-refractivity contribution in [3.05, 3.63) is 148 Å². The van der Waals surface area contributed by atoms with Crippen LogP contribution in [-0.2, 0) is 53.3 Å². The second-order valence-corrected chi connectivity index (χ2v) is 14.5. The molecule has 0 radical (unpaired) electrons. The van der Waals surface area contributed by atoms with Gasteiger partial charge in [-0.15, -0.1) is 11.8 Å². The smallest absolute Gasteiger partial charge is 0.309 e. The number of carbonyl (C=O) groups is 1. The number of ether oxygens (including phenoxy) is 3. The van der Waals surface area contributed by atoms with Crippen molar-refractivity contribution in [2.45, 2.75) is 56.1 Å². The molecule has 0 aliphatic carbocycles. The summed E-state index contributed by atoms with van der Waals surface area (Å²) in [5.41, 5.74) is 9.86. The Morgan fingerprint density at radius 1 is 0.920 bits per heavy atom. The number of aromatic nitrogens is 2. The summed E-state index contributed by atoms with van der Waals surface area (Å²) in [4.78, 5) is 18.0. The molecule has 0 saturated heterocycles. The highest BCUT2D eigenvalue weighted by Gasteiger charge is 2.29. The van der Waals surface area contributed by atoms with Gasteiger partial charge in [-0.05, 0) is 59.0 Å². The summed E-state index contributed by atoms with van der Waals surface area (Å²) < 4.78 is 20.1. The third-order valence-electron chi connectivity index (χ3n) is 9.12. The number of methoxy groups -OCH3 is 1. The zero-order chi connectivity index (χ0) is 34.5. The number of halogens is 1. The van der Waals surface area contributed by atoms with E-state index in [9.17, 15) is 4.79 Å². The predicted molar refractivity (Wildman–Crippen MR) is 201 cm³/mol. The van der Waals surface area contributed by atoms with Gasteiger partial charge in [-0.1, -0.05) is 91.3 Å². The van der Waals surface area contributed by atoms with Crippen molar-refractivity contribution in [2.75, 3.05) is 13.7 Å². The molecule has 2 aromatic heterocycles. The molecule has 7 rings (SSSR count). The molecule has 8 heteroatoms. The average molecular weight is 703 g/mol. The fourth-order valence-electron chi connectivity index (χ4n) is 6.66. The minimum Gasteiger partial charge on any atom is -0.487 e. The summed E-state index contributed by atoms with van der Waals surface area (Å²) in [6.07, 6.45) is 3.79. The van der Waals surface area contributed by atoms with Crippen molar-refractivity contribution >= 4 is 40.2 Å². The van der Waals surface area contributed by atoms with Gasteiger partial charge in [-0.2, -0.15) is 0 Å². The molecule has 0 saturated carbocycles. The van der Waals surface area contributed by atoms with Gasteiger partial charge < -0.3 is 18.8 Å². The van der Waals surface area contributed by atoms with Crippen molar-refractivity contribution in [3.8, 4) is 16.9 Å². The predicted octanol–water partition coefficient (Wildman–Crippen LogP) is 9.50. The molecule has 4 aromatic carbocycles. The summed E-state index contributed by atoms with van der Waals surface area (Å²) in [6, 6.07) is 34.7. The molecule has 3 heterocycles. The van der Waals surface area contributed by atoms with Crippen LogP contribution in [0.15, 0.2) is 114 Å². The van der Waals surface area contributed by atoms with Gasteiger partial charge in [0.15, 0.2) is 0 Å². The summed E-state index contributed by atoms with van der Waals surface area (Å²) in [6.45, 7) is 4.33. The highest BCUT2D eigenvalue weighted by Crippen LogP contribution is 2.47. The molecule has 50 heavy (non-hydrogen) atoms. The Morgan fingerprint density at radius 3 is 2.52 bits per heavy atom. The van der Waals surface area contributed by atoms with Gasteiger partial charge in [0.1, 0.15) is 12.4 Å². The molecule has 1 unspecified atom stereocenters. The fraction of sp³-hybridized carbons (Fsp3) is 0.238. The second-order valence-electron chi connectivity index (χ2n) is 12.6. The van der Waals surface area contributed by atoms with Crippen LogP contribution in [0.4, 0.5) is 0 Å². The molecule has 6 aromatic rings. The zero-order valence-electron chi connectivity index (χ0n) is 28.2. The quantitative estimate of drug-likeness (QED) is 0.0883. The van der Waals surface area contributed by atoms with Gasteiger partial charge in [-0.3, -0.25) is 9.78 Å². The number of hydrogen-bond acceptors (Lipinski definition) is 6. The van der Waals surface area contributed by atoms with E-state index in [1.54, 1.807) is 0 Å². The van der Waals surface area contributed by atoms with Crippen molar-refractivity contribution < 1.29 is 19.0 Å². The van der Waals surface area contributed by atoms with Gasteiger partial charge in [-0.25, -0.2) is 0 Å². The number of hydrogen-bond donors (Lipinski definition) is 0. The van der Waals surface area contributed by atoms with Crippen LogP contribution in [-0.4, -0.2) is 34.5 Å². The number of pyridine rings is 1. The minimum atomic E-state index is -0.260. The summed E-state index contributed by atoms with van der Waals surface area (Å²) >= 11 is 8.36. The first kappa shape index (κ1) is 33.9. The van der Waals surface area contributed by atoms with E-state index in [0.29, 0.717) is 31.6 Å². The van der Waals surface area contributed by atoms with Crippen LogP contribution in [0.3, 0.4) is 0 Å². The van der Waals surface area contributed by atoms with E-state index < -0.39 is 0 Å². The first-order chi connectivity index (χ1) is 24.5. The third kappa shape index (κ3) is 7.60. The third-order valence-corrected chi connectivity index (χ3v) is 10.6. The standard InChI is InChI=1S/C42H39ClN2O4S/c1-28-21-36-39(49-27-35-16-15-32(24-44-35)30-10-4-3-5-11-30)18-17-37-41(36)42(50-28)38(45(37)25-29-9-8-14-34(43)22-29)19-20-48-26-33-13-7-6-12-31(33)23-40(46)47-2/h3-18,22,24,28H,19-21,23,25-27H2,1-2H3. The van der Waals surface area contributed by atoms with Crippen molar-refractivity contribution in [3.63, 3.8) is 0 Å². The Kier molecular flexibility index (Phi) is 10.5. The topological polar surface area (TPSA) is 62.6 Å². The van der Waals surface area contributed by atoms with Crippen molar-refractivity contribution in [1.82, 2.24) is 9.55 Å². The number of rotatable bonds is 13. The highest BCUT2D eigenvalue weighted by atomic mass is 35.5. The number of benzene rings is 4. The largest absolute Gasteiger partial charge is 0.487 e. The zero-order valence-corrected chi connectivity index (χ0v) is 29.8. The normalized spacial score (nSPS) is 13.8. The lowest BCUT2D eigenvalue weighted by molar-refractivity contribution is -0.139. The van der Waals surface area contributed by atoms with Gasteiger partial charge in [0, 0.05) is 56.5 Å². The Bertz CT molecular complexity index is 2110. The maximum atomic E-state index is 12.0.